The van der Waals surface area contributed by atoms with Crippen LogP contribution in [0.15, 0.2) is 18.2 Å². The van der Waals surface area contributed by atoms with Gasteiger partial charge in [0.05, 0.1) is 13.7 Å². The fourth-order valence-electron chi connectivity index (χ4n) is 2.68. The Hall–Kier alpha value is -1.26. The van der Waals surface area contributed by atoms with Gasteiger partial charge in [0.25, 0.3) is 0 Å². The average molecular weight is 322 g/mol. The summed E-state index contributed by atoms with van der Waals surface area (Å²) in [7, 11) is 3.82. The molecule has 23 heavy (non-hydrogen) atoms. The van der Waals surface area contributed by atoms with Crippen molar-refractivity contribution in [3.63, 3.8) is 0 Å². The maximum Gasteiger partial charge on any atom is 0.161 e. The molecule has 0 fully saturated rings. The highest BCUT2D eigenvalue weighted by Gasteiger charge is 2.17. The molecule has 1 rings (SSSR count). The summed E-state index contributed by atoms with van der Waals surface area (Å²) in [6.45, 7) is 6.78. The number of nitrogens with two attached hydrogens (primary N) is 1. The predicted molar refractivity (Wildman–Crippen MR) is 97.3 cm³/mol. The molecule has 0 aliphatic carbocycles. The first kappa shape index (κ1) is 19.8. The molecule has 0 saturated heterocycles. The van der Waals surface area contributed by atoms with E-state index in [1.165, 1.54) is 31.2 Å². The molecule has 1 aromatic rings. The van der Waals surface area contributed by atoms with Crippen molar-refractivity contribution in [2.24, 2.45) is 5.73 Å². The predicted octanol–water partition coefficient (Wildman–Crippen LogP) is 4.00. The van der Waals surface area contributed by atoms with Gasteiger partial charge in [-0.25, -0.2) is 0 Å². The molecular weight excluding hydrogens is 288 g/mol. The van der Waals surface area contributed by atoms with Crippen LogP contribution < -0.4 is 15.2 Å². The van der Waals surface area contributed by atoms with Gasteiger partial charge in [0.15, 0.2) is 11.5 Å². The Morgan fingerprint density at radius 1 is 1.09 bits per heavy atom. The molecule has 1 unspecified atom stereocenters. The highest BCUT2D eigenvalue weighted by Crippen LogP contribution is 2.32. The second kappa shape index (κ2) is 11.3. The van der Waals surface area contributed by atoms with E-state index in [0.717, 1.165) is 31.1 Å². The smallest absolute Gasteiger partial charge is 0.161 e. The first-order chi connectivity index (χ1) is 11.2. The highest BCUT2D eigenvalue weighted by atomic mass is 16.5. The van der Waals surface area contributed by atoms with Gasteiger partial charge in [0.2, 0.25) is 0 Å². The second-order valence-corrected chi connectivity index (χ2v) is 6.05. The van der Waals surface area contributed by atoms with Gasteiger partial charge in [-0.1, -0.05) is 39.2 Å². The Labute approximate surface area is 142 Å². The van der Waals surface area contributed by atoms with Gasteiger partial charge in [-0.05, 0) is 44.1 Å². The fourth-order valence-corrected chi connectivity index (χ4v) is 2.68. The number of hydrogen-bond acceptors (Lipinski definition) is 4. The quantitative estimate of drug-likeness (QED) is 0.591. The van der Waals surface area contributed by atoms with Crippen LogP contribution in [-0.4, -0.2) is 38.8 Å². The van der Waals surface area contributed by atoms with E-state index in [1.807, 2.05) is 6.07 Å². The van der Waals surface area contributed by atoms with Gasteiger partial charge in [-0.3, -0.25) is 4.90 Å². The van der Waals surface area contributed by atoms with E-state index in [-0.39, 0.29) is 6.04 Å². The topological polar surface area (TPSA) is 47.7 Å². The summed E-state index contributed by atoms with van der Waals surface area (Å²) in [5.41, 5.74) is 7.22. The normalized spacial score (nSPS) is 12.4. The van der Waals surface area contributed by atoms with E-state index >= 15 is 0 Å². The molecule has 0 aromatic heterocycles. The number of ether oxygens (including phenoxy) is 2. The summed E-state index contributed by atoms with van der Waals surface area (Å²) in [6.07, 6.45) is 5.82. The van der Waals surface area contributed by atoms with Crippen molar-refractivity contribution >= 4 is 0 Å². The summed E-state index contributed by atoms with van der Waals surface area (Å²) in [4.78, 5) is 2.33. The lowest BCUT2D eigenvalue weighted by molar-refractivity contribution is 0.244. The van der Waals surface area contributed by atoms with Crippen molar-refractivity contribution in [1.29, 1.82) is 0 Å². The second-order valence-electron chi connectivity index (χ2n) is 6.05. The minimum Gasteiger partial charge on any atom is -0.493 e. The number of benzene rings is 1. The van der Waals surface area contributed by atoms with Gasteiger partial charge < -0.3 is 15.2 Å². The van der Waals surface area contributed by atoms with E-state index in [0.29, 0.717) is 6.54 Å². The summed E-state index contributed by atoms with van der Waals surface area (Å²) < 4.78 is 11.4. The number of rotatable bonds is 12. The van der Waals surface area contributed by atoms with Crippen molar-refractivity contribution in [1.82, 2.24) is 4.90 Å². The Bertz CT molecular complexity index is 437. The molecule has 0 radical (unpaired) electrons. The third kappa shape index (κ3) is 6.40. The minimum absolute atomic E-state index is 0.213. The molecule has 132 valence electrons. The summed E-state index contributed by atoms with van der Waals surface area (Å²) >= 11 is 0. The van der Waals surface area contributed by atoms with Crippen LogP contribution in [0.2, 0.25) is 0 Å². The van der Waals surface area contributed by atoms with Gasteiger partial charge in [0, 0.05) is 12.6 Å². The Kier molecular flexibility index (Phi) is 9.72. The first-order valence-electron chi connectivity index (χ1n) is 8.88. The zero-order valence-electron chi connectivity index (χ0n) is 15.3. The number of nitrogens with zero attached hydrogens (tertiary/aromatic N) is 1. The van der Waals surface area contributed by atoms with Crippen molar-refractivity contribution in [2.45, 2.75) is 52.0 Å². The van der Waals surface area contributed by atoms with E-state index in [1.54, 1.807) is 7.11 Å². The lowest BCUT2D eigenvalue weighted by Crippen LogP contribution is -2.31. The van der Waals surface area contributed by atoms with Crippen molar-refractivity contribution in [3.8, 4) is 11.5 Å². The maximum absolute atomic E-state index is 6.02. The van der Waals surface area contributed by atoms with Crippen LogP contribution in [0.25, 0.3) is 0 Å². The fraction of sp³-hybridized carbons (Fsp3) is 0.684. The molecule has 0 aliphatic rings. The van der Waals surface area contributed by atoms with E-state index in [9.17, 15) is 0 Å². The number of hydrogen-bond donors (Lipinski definition) is 1. The van der Waals surface area contributed by atoms with Crippen LogP contribution in [0.1, 0.15) is 57.6 Å². The number of methoxy groups -OCH3 is 1. The number of likely N-dealkylation sites (N-methyl/N-ethyl adjacent to an activating group) is 1. The van der Waals surface area contributed by atoms with Crippen LogP contribution >= 0.6 is 0 Å². The molecule has 4 nitrogen and oxygen atoms in total. The molecule has 0 bridgehead atoms. The minimum atomic E-state index is 0.213. The maximum atomic E-state index is 6.02. The monoisotopic (exact) mass is 322 g/mol. The van der Waals surface area contributed by atoms with Crippen molar-refractivity contribution in [3.05, 3.63) is 23.8 Å². The van der Waals surface area contributed by atoms with E-state index in [2.05, 4.69) is 37.9 Å². The van der Waals surface area contributed by atoms with Crippen LogP contribution in [0, 0.1) is 0 Å². The lowest BCUT2D eigenvalue weighted by atomic mass is 10.0. The highest BCUT2D eigenvalue weighted by molar-refractivity contribution is 5.44. The molecule has 0 heterocycles. The third-order valence-corrected chi connectivity index (χ3v) is 4.20. The lowest BCUT2D eigenvalue weighted by Gasteiger charge is -2.28. The van der Waals surface area contributed by atoms with Crippen LogP contribution in [0.5, 0.6) is 11.5 Å². The molecule has 0 amide bonds. The first-order valence-corrected chi connectivity index (χ1v) is 8.88. The largest absolute Gasteiger partial charge is 0.493 e. The van der Waals surface area contributed by atoms with Crippen molar-refractivity contribution in [2.75, 3.05) is 33.9 Å². The molecular formula is C19H34N2O2. The Balaban J connectivity index is 2.84. The molecule has 1 atom stereocenters. The van der Waals surface area contributed by atoms with Gasteiger partial charge in [-0.15, -0.1) is 0 Å². The molecule has 2 N–H and O–H groups in total. The molecule has 0 saturated carbocycles. The molecule has 0 spiro atoms. The van der Waals surface area contributed by atoms with Gasteiger partial charge in [0.1, 0.15) is 0 Å². The number of unbranched alkanes of at least 4 members (excludes halogenated alkanes) is 3. The molecule has 0 aliphatic heterocycles. The van der Waals surface area contributed by atoms with Crippen LogP contribution in [0.4, 0.5) is 0 Å². The van der Waals surface area contributed by atoms with Gasteiger partial charge >= 0.3 is 0 Å². The summed E-state index contributed by atoms with van der Waals surface area (Å²) in [5.74, 6) is 1.61. The zero-order chi connectivity index (χ0) is 17.1. The summed E-state index contributed by atoms with van der Waals surface area (Å²) in [5, 5.41) is 0. The zero-order valence-corrected chi connectivity index (χ0v) is 15.3. The van der Waals surface area contributed by atoms with Crippen molar-refractivity contribution < 1.29 is 9.47 Å². The van der Waals surface area contributed by atoms with Crippen LogP contribution in [0.3, 0.4) is 0 Å². The third-order valence-electron chi connectivity index (χ3n) is 4.20. The Morgan fingerprint density at radius 3 is 2.43 bits per heavy atom. The van der Waals surface area contributed by atoms with Crippen LogP contribution in [-0.2, 0) is 0 Å². The SMILES string of the molecule is CCCCCOc1cc(C(CN)N(C)CCCC)ccc1OC. The summed E-state index contributed by atoms with van der Waals surface area (Å²) in [6, 6.07) is 6.38. The Morgan fingerprint density at radius 2 is 1.83 bits per heavy atom. The average Bonchev–Trinajstić information content (AvgIpc) is 2.57. The molecule has 4 heteroatoms. The van der Waals surface area contributed by atoms with Gasteiger partial charge in [-0.2, -0.15) is 0 Å². The standard InChI is InChI=1S/C19H34N2O2/c1-5-7-9-13-23-19-14-16(10-11-18(19)22-4)17(15-20)21(3)12-8-6-2/h10-11,14,17H,5-9,12-13,15,20H2,1-4H3. The van der Waals surface area contributed by atoms with E-state index in [4.69, 9.17) is 15.2 Å². The molecule has 1 aromatic carbocycles. The van der Waals surface area contributed by atoms with E-state index < -0.39 is 0 Å².